The fourth-order valence-electron chi connectivity index (χ4n) is 2.80. The van der Waals surface area contributed by atoms with Crippen LogP contribution in [0.15, 0.2) is 17.5 Å². The van der Waals surface area contributed by atoms with Crippen molar-refractivity contribution < 1.29 is 24.1 Å². The average molecular weight is 409 g/mol. The fourth-order valence-corrected chi connectivity index (χ4v) is 3.61. The van der Waals surface area contributed by atoms with Crippen LogP contribution < -0.4 is 19.5 Å². The molecule has 0 bridgehead atoms. The van der Waals surface area contributed by atoms with Crippen molar-refractivity contribution in [3.05, 3.63) is 23.2 Å². The molecule has 2 atom stereocenters. The molecule has 2 unspecified atom stereocenters. The van der Waals surface area contributed by atoms with E-state index in [2.05, 4.69) is 10.3 Å². The highest BCUT2D eigenvalue weighted by atomic mass is 32.1. The summed E-state index contributed by atoms with van der Waals surface area (Å²) >= 11 is 1.44. The normalized spacial score (nSPS) is 12.9. The first kappa shape index (κ1) is 22.0. The summed E-state index contributed by atoms with van der Waals surface area (Å²) < 4.78 is 16.1. The van der Waals surface area contributed by atoms with Crippen LogP contribution >= 0.6 is 11.3 Å². The van der Waals surface area contributed by atoms with Gasteiger partial charge in [0, 0.05) is 10.9 Å². The molecule has 0 aliphatic rings. The van der Waals surface area contributed by atoms with Crippen LogP contribution in [0.2, 0.25) is 0 Å². The number of amides is 1. The monoisotopic (exact) mass is 408 g/mol. The summed E-state index contributed by atoms with van der Waals surface area (Å²) in [5.74, 6) is 1.67. The van der Waals surface area contributed by atoms with E-state index in [4.69, 9.17) is 14.2 Å². The molecular weight excluding hydrogens is 380 g/mol. The van der Waals surface area contributed by atoms with E-state index in [1.54, 1.807) is 21.3 Å². The predicted molar refractivity (Wildman–Crippen MR) is 109 cm³/mol. The lowest BCUT2D eigenvalue weighted by Crippen LogP contribution is -2.42. The summed E-state index contributed by atoms with van der Waals surface area (Å²) in [5.41, 5.74) is 1.49. The Hall–Kier alpha value is -2.32. The van der Waals surface area contributed by atoms with Crippen LogP contribution in [0.25, 0.3) is 10.6 Å². The second kappa shape index (κ2) is 10.3. The standard InChI is InChI=1S/C20H28N2O5S/c1-6-12(2)15(10-23)22-18(24)9-14-11-28-20(21-14)13-7-16(25-3)19(27-5)17(8-13)26-4/h7-8,11-12,15,23H,6,9-10H2,1-5H3,(H,22,24). The minimum Gasteiger partial charge on any atom is -0.493 e. The molecular formula is C20H28N2O5S. The summed E-state index contributed by atoms with van der Waals surface area (Å²) in [6.45, 7) is 3.96. The number of benzene rings is 1. The van der Waals surface area contributed by atoms with Crippen LogP contribution in [0.1, 0.15) is 26.0 Å². The molecule has 2 rings (SSSR count). The molecule has 1 amide bonds. The number of aliphatic hydroxyl groups excluding tert-OH is 1. The van der Waals surface area contributed by atoms with Gasteiger partial charge < -0.3 is 24.6 Å². The number of hydrogen-bond acceptors (Lipinski definition) is 7. The van der Waals surface area contributed by atoms with Gasteiger partial charge >= 0.3 is 0 Å². The Balaban J connectivity index is 2.17. The summed E-state index contributed by atoms with van der Waals surface area (Å²) in [5, 5.41) is 15.0. The van der Waals surface area contributed by atoms with E-state index in [9.17, 15) is 9.90 Å². The Morgan fingerprint density at radius 2 is 1.86 bits per heavy atom. The van der Waals surface area contributed by atoms with Gasteiger partial charge in [0.05, 0.1) is 46.1 Å². The number of methoxy groups -OCH3 is 3. The zero-order valence-electron chi connectivity index (χ0n) is 16.9. The molecule has 1 heterocycles. The number of aliphatic hydroxyl groups is 1. The number of nitrogens with one attached hydrogen (secondary N) is 1. The van der Waals surface area contributed by atoms with E-state index in [0.717, 1.165) is 17.0 Å². The Kier molecular flexibility index (Phi) is 8.07. The molecule has 1 aromatic carbocycles. The van der Waals surface area contributed by atoms with Crippen LogP contribution in [-0.4, -0.2) is 50.0 Å². The van der Waals surface area contributed by atoms with Crippen molar-refractivity contribution in [2.45, 2.75) is 32.7 Å². The second-order valence-corrected chi connectivity index (χ2v) is 7.34. The lowest BCUT2D eigenvalue weighted by atomic mass is 10.00. The highest BCUT2D eigenvalue weighted by Crippen LogP contribution is 2.41. The number of rotatable bonds is 10. The zero-order chi connectivity index (χ0) is 20.7. The van der Waals surface area contributed by atoms with Crippen molar-refractivity contribution in [1.29, 1.82) is 0 Å². The van der Waals surface area contributed by atoms with E-state index < -0.39 is 0 Å². The summed E-state index contributed by atoms with van der Waals surface area (Å²) in [6.07, 6.45) is 1.04. The maximum atomic E-state index is 12.3. The van der Waals surface area contributed by atoms with Gasteiger partial charge in [-0.15, -0.1) is 11.3 Å². The van der Waals surface area contributed by atoms with Crippen molar-refractivity contribution in [3.63, 3.8) is 0 Å². The van der Waals surface area contributed by atoms with Gasteiger partial charge in [-0.3, -0.25) is 4.79 Å². The first-order valence-electron chi connectivity index (χ1n) is 9.12. The van der Waals surface area contributed by atoms with Crippen LogP contribution in [0, 0.1) is 5.92 Å². The van der Waals surface area contributed by atoms with Gasteiger partial charge in [0.25, 0.3) is 0 Å². The smallest absolute Gasteiger partial charge is 0.226 e. The number of carbonyl (C=O) groups is 1. The minimum atomic E-state index is -0.245. The third-order valence-corrected chi connectivity index (χ3v) is 5.62. The second-order valence-electron chi connectivity index (χ2n) is 6.48. The highest BCUT2D eigenvalue weighted by molar-refractivity contribution is 7.13. The first-order chi connectivity index (χ1) is 13.5. The van der Waals surface area contributed by atoms with E-state index in [1.165, 1.54) is 11.3 Å². The van der Waals surface area contributed by atoms with Crippen molar-refractivity contribution in [2.24, 2.45) is 5.92 Å². The molecule has 0 radical (unpaired) electrons. The lowest BCUT2D eigenvalue weighted by molar-refractivity contribution is -0.121. The number of ether oxygens (including phenoxy) is 3. The SMILES string of the molecule is CCC(C)C(CO)NC(=O)Cc1csc(-c2cc(OC)c(OC)c(OC)c2)n1. The Bertz CT molecular complexity index is 768. The minimum absolute atomic E-state index is 0.0749. The molecule has 0 saturated heterocycles. The lowest BCUT2D eigenvalue weighted by Gasteiger charge is -2.21. The quantitative estimate of drug-likeness (QED) is 0.628. The molecule has 154 valence electrons. The van der Waals surface area contributed by atoms with Crippen LogP contribution in [0.5, 0.6) is 17.2 Å². The number of thiazole rings is 1. The number of nitrogens with zero attached hydrogens (tertiary/aromatic N) is 1. The first-order valence-corrected chi connectivity index (χ1v) is 10.00. The van der Waals surface area contributed by atoms with Crippen LogP contribution in [0.4, 0.5) is 0 Å². The van der Waals surface area contributed by atoms with Gasteiger partial charge in [-0.2, -0.15) is 0 Å². The molecule has 7 nitrogen and oxygen atoms in total. The molecule has 28 heavy (non-hydrogen) atoms. The highest BCUT2D eigenvalue weighted by Gasteiger charge is 2.19. The molecule has 0 saturated carbocycles. The average Bonchev–Trinajstić information content (AvgIpc) is 3.18. The fraction of sp³-hybridized carbons (Fsp3) is 0.500. The van der Waals surface area contributed by atoms with E-state index in [-0.39, 0.29) is 30.9 Å². The molecule has 0 spiro atoms. The number of hydrogen-bond donors (Lipinski definition) is 2. The predicted octanol–water partition coefficient (Wildman–Crippen LogP) is 2.90. The van der Waals surface area contributed by atoms with Gasteiger partial charge in [-0.1, -0.05) is 20.3 Å². The molecule has 1 aromatic heterocycles. The number of aromatic nitrogens is 1. The topological polar surface area (TPSA) is 89.9 Å². The van der Waals surface area contributed by atoms with E-state index in [1.807, 2.05) is 31.4 Å². The van der Waals surface area contributed by atoms with Crippen LogP contribution in [-0.2, 0) is 11.2 Å². The van der Waals surface area contributed by atoms with Crippen molar-refractivity contribution >= 4 is 17.2 Å². The number of carbonyl (C=O) groups excluding carboxylic acids is 1. The Morgan fingerprint density at radius 1 is 1.21 bits per heavy atom. The van der Waals surface area contributed by atoms with Crippen molar-refractivity contribution in [1.82, 2.24) is 10.3 Å². The third kappa shape index (κ3) is 5.14. The summed E-state index contributed by atoms with van der Waals surface area (Å²) in [6, 6.07) is 3.41. The molecule has 2 aromatic rings. The van der Waals surface area contributed by atoms with E-state index >= 15 is 0 Å². The van der Waals surface area contributed by atoms with Gasteiger partial charge in [-0.25, -0.2) is 4.98 Å². The van der Waals surface area contributed by atoms with Crippen molar-refractivity contribution in [2.75, 3.05) is 27.9 Å². The molecule has 8 heteroatoms. The molecule has 0 aliphatic heterocycles. The van der Waals surface area contributed by atoms with Crippen molar-refractivity contribution in [3.8, 4) is 27.8 Å². The van der Waals surface area contributed by atoms with Crippen LogP contribution in [0.3, 0.4) is 0 Å². The maximum Gasteiger partial charge on any atom is 0.226 e. The maximum absolute atomic E-state index is 12.3. The Labute approximate surface area is 169 Å². The van der Waals surface area contributed by atoms with Gasteiger partial charge in [-0.05, 0) is 18.1 Å². The molecule has 2 N–H and O–H groups in total. The summed E-state index contributed by atoms with van der Waals surface area (Å²) in [4.78, 5) is 16.9. The summed E-state index contributed by atoms with van der Waals surface area (Å²) in [7, 11) is 4.68. The van der Waals surface area contributed by atoms with Gasteiger partial charge in [0.2, 0.25) is 11.7 Å². The zero-order valence-corrected chi connectivity index (χ0v) is 17.8. The Morgan fingerprint density at radius 3 is 2.36 bits per heavy atom. The molecule has 0 aliphatic carbocycles. The van der Waals surface area contributed by atoms with Gasteiger partial charge in [0.15, 0.2) is 11.5 Å². The van der Waals surface area contributed by atoms with Gasteiger partial charge in [0.1, 0.15) is 5.01 Å². The van der Waals surface area contributed by atoms with E-state index in [0.29, 0.717) is 22.9 Å². The molecule has 0 fully saturated rings. The third-order valence-electron chi connectivity index (χ3n) is 4.68. The largest absolute Gasteiger partial charge is 0.493 e.